The smallest absolute Gasteiger partial charge is 0.231 e. The molecule has 4 nitrogen and oxygen atoms in total. The monoisotopic (exact) mass is 458 g/mol. The van der Waals surface area contributed by atoms with Gasteiger partial charge < -0.3 is 14.5 Å². The fourth-order valence-electron chi connectivity index (χ4n) is 5.12. The van der Waals surface area contributed by atoms with Crippen molar-refractivity contribution in [3.63, 3.8) is 0 Å². The second-order valence-electron chi connectivity index (χ2n) is 9.23. The van der Waals surface area contributed by atoms with Gasteiger partial charge in [-0.05, 0) is 60.7 Å². The van der Waals surface area contributed by atoms with E-state index >= 15 is 0 Å². The van der Waals surface area contributed by atoms with Crippen LogP contribution < -0.4 is 4.90 Å². The van der Waals surface area contributed by atoms with Crippen molar-refractivity contribution >= 4 is 11.6 Å². The van der Waals surface area contributed by atoms with Crippen LogP contribution in [0.15, 0.2) is 78.9 Å². The molecule has 1 saturated heterocycles. The third-order valence-corrected chi connectivity index (χ3v) is 6.90. The van der Waals surface area contributed by atoms with Crippen LogP contribution in [-0.2, 0) is 16.0 Å². The van der Waals surface area contributed by atoms with E-state index in [1.807, 2.05) is 17.0 Å². The van der Waals surface area contributed by atoms with E-state index in [9.17, 15) is 9.18 Å². The number of hydrogen-bond acceptors (Lipinski definition) is 3. The van der Waals surface area contributed by atoms with Gasteiger partial charge in [-0.3, -0.25) is 4.79 Å². The Balaban J connectivity index is 1.12. The molecule has 34 heavy (non-hydrogen) atoms. The van der Waals surface area contributed by atoms with Crippen molar-refractivity contribution in [3.05, 3.63) is 101 Å². The molecule has 3 aromatic rings. The second-order valence-corrected chi connectivity index (χ2v) is 9.23. The molecule has 0 atom stereocenters. The Morgan fingerprint density at radius 1 is 0.882 bits per heavy atom. The SMILES string of the molecule is O=C1Cc2cc(F)ccc2N1CCCN1CCC(OC(c2ccccc2)c2ccccc2)CC1. The van der Waals surface area contributed by atoms with E-state index in [2.05, 4.69) is 53.4 Å². The van der Waals surface area contributed by atoms with Gasteiger partial charge in [-0.25, -0.2) is 4.39 Å². The first kappa shape index (κ1) is 22.8. The summed E-state index contributed by atoms with van der Waals surface area (Å²) in [5.41, 5.74) is 4.04. The van der Waals surface area contributed by atoms with Gasteiger partial charge in [0.05, 0.1) is 12.5 Å². The van der Waals surface area contributed by atoms with E-state index in [4.69, 9.17) is 4.74 Å². The van der Waals surface area contributed by atoms with E-state index in [1.54, 1.807) is 6.07 Å². The maximum atomic E-state index is 13.5. The molecule has 5 heteroatoms. The summed E-state index contributed by atoms with van der Waals surface area (Å²) in [6.07, 6.45) is 3.39. The number of fused-ring (bicyclic) bond motifs is 1. The lowest BCUT2D eigenvalue weighted by atomic mass is 10.00. The van der Waals surface area contributed by atoms with Crippen LogP contribution in [0.1, 0.15) is 42.1 Å². The number of ether oxygens (including phenoxy) is 1. The Labute approximate surface area is 201 Å². The van der Waals surface area contributed by atoms with Crippen LogP contribution in [0, 0.1) is 5.82 Å². The number of halogens is 1. The number of hydrogen-bond donors (Lipinski definition) is 0. The molecule has 176 valence electrons. The Hall–Kier alpha value is -3.02. The lowest BCUT2D eigenvalue weighted by Gasteiger charge is -2.34. The molecule has 0 unspecified atom stereocenters. The fraction of sp³-hybridized carbons (Fsp3) is 0.345. The molecule has 0 radical (unpaired) electrons. The molecule has 1 fully saturated rings. The van der Waals surface area contributed by atoms with Gasteiger partial charge >= 0.3 is 0 Å². The van der Waals surface area contributed by atoms with E-state index in [-0.39, 0.29) is 23.9 Å². The van der Waals surface area contributed by atoms with Gasteiger partial charge in [0.25, 0.3) is 0 Å². The predicted molar refractivity (Wildman–Crippen MR) is 132 cm³/mol. The number of piperidine rings is 1. The number of carbonyl (C=O) groups is 1. The van der Waals surface area contributed by atoms with Crippen molar-refractivity contribution in [3.8, 4) is 0 Å². The molecule has 0 bridgehead atoms. The summed E-state index contributed by atoms with van der Waals surface area (Å²) in [6, 6.07) is 25.5. The van der Waals surface area contributed by atoms with Crippen molar-refractivity contribution in [1.29, 1.82) is 0 Å². The zero-order valence-electron chi connectivity index (χ0n) is 19.4. The number of benzene rings is 3. The zero-order chi connectivity index (χ0) is 23.3. The van der Waals surface area contributed by atoms with E-state index < -0.39 is 0 Å². The molecule has 5 rings (SSSR count). The van der Waals surface area contributed by atoms with E-state index in [1.165, 1.54) is 23.3 Å². The van der Waals surface area contributed by atoms with Gasteiger partial charge in [0, 0.05) is 25.3 Å². The Kier molecular flexibility index (Phi) is 7.02. The van der Waals surface area contributed by atoms with Gasteiger partial charge in [0.2, 0.25) is 5.91 Å². The number of nitrogens with zero attached hydrogens (tertiary/aromatic N) is 2. The standard InChI is InChI=1S/C29H31FN2O2/c30-25-12-13-27-24(20-25)21-28(33)32(27)17-7-16-31-18-14-26(15-19-31)34-29(22-8-3-1-4-9-22)23-10-5-2-6-11-23/h1-6,8-13,20,26,29H,7,14-19,21H2. The summed E-state index contributed by atoms with van der Waals surface area (Å²) in [5, 5.41) is 0. The molecule has 0 aliphatic carbocycles. The van der Waals surface area contributed by atoms with Crippen LogP contribution in [0.2, 0.25) is 0 Å². The summed E-state index contributed by atoms with van der Waals surface area (Å²) < 4.78 is 20.1. The van der Waals surface area contributed by atoms with Gasteiger partial charge in [-0.15, -0.1) is 0 Å². The molecule has 1 amide bonds. The quantitative estimate of drug-likeness (QED) is 0.455. The predicted octanol–water partition coefficient (Wildman–Crippen LogP) is 5.38. The lowest BCUT2D eigenvalue weighted by Crippen LogP contribution is -2.39. The van der Waals surface area contributed by atoms with E-state index in [0.717, 1.165) is 50.1 Å². The van der Waals surface area contributed by atoms with Crippen LogP contribution in [0.5, 0.6) is 0 Å². The highest BCUT2D eigenvalue weighted by atomic mass is 19.1. The van der Waals surface area contributed by atoms with Gasteiger partial charge in [0.15, 0.2) is 0 Å². The zero-order valence-corrected chi connectivity index (χ0v) is 19.4. The van der Waals surface area contributed by atoms with E-state index in [0.29, 0.717) is 13.0 Å². The van der Waals surface area contributed by atoms with Gasteiger partial charge in [-0.1, -0.05) is 60.7 Å². The topological polar surface area (TPSA) is 32.8 Å². The molecule has 2 heterocycles. The molecule has 0 saturated carbocycles. The normalized spacial score (nSPS) is 16.9. The maximum Gasteiger partial charge on any atom is 0.231 e. The number of anilines is 1. The molecular formula is C29H31FN2O2. The Morgan fingerprint density at radius 2 is 1.53 bits per heavy atom. The number of likely N-dealkylation sites (tertiary alicyclic amines) is 1. The highest BCUT2D eigenvalue weighted by Crippen LogP contribution is 2.31. The van der Waals surface area contributed by atoms with Gasteiger partial charge in [-0.2, -0.15) is 0 Å². The summed E-state index contributed by atoms with van der Waals surface area (Å²) in [5.74, 6) is -0.208. The number of carbonyl (C=O) groups excluding carboxylic acids is 1. The number of amides is 1. The highest BCUT2D eigenvalue weighted by Gasteiger charge is 2.28. The minimum Gasteiger partial charge on any atom is -0.365 e. The van der Waals surface area contributed by atoms with Crippen molar-refractivity contribution in [2.45, 2.75) is 37.9 Å². The average Bonchev–Trinajstić information content (AvgIpc) is 3.18. The third kappa shape index (κ3) is 5.21. The average molecular weight is 459 g/mol. The van der Waals surface area contributed by atoms with Gasteiger partial charge in [0.1, 0.15) is 11.9 Å². The minimum atomic E-state index is -0.278. The van der Waals surface area contributed by atoms with Crippen molar-refractivity contribution in [1.82, 2.24) is 4.90 Å². The Bertz CT molecular complexity index is 1060. The molecular weight excluding hydrogens is 427 g/mol. The van der Waals surface area contributed by atoms with Crippen molar-refractivity contribution in [2.24, 2.45) is 0 Å². The van der Waals surface area contributed by atoms with Crippen LogP contribution >= 0.6 is 0 Å². The number of rotatable bonds is 8. The highest BCUT2D eigenvalue weighted by molar-refractivity contribution is 6.01. The molecule has 3 aromatic carbocycles. The maximum absolute atomic E-state index is 13.5. The first-order valence-corrected chi connectivity index (χ1v) is 12.2. The largest absolute Gasteiger partial charge is 0.365 e. The van der Waals surface area contributed by atoms with Crippen LogP contribution in [-0.4, -0.2) is 43.1 Å². The fourth-order valence-corrected chi connectivity index (χ4v) is 5.12. The van der Waals surface area contributed by atoms with Crippen LogP contribution in [0.4, 0.5) is 10.1 Å². The third-order valence-electron chi connectivity index (χ3n) is 6.90. The first-order valence-electron chi connectivity index (χ1n) is 12.2. The molecule has 0 aromatic heterocycles. The minimum absolute atomic E-state index is 0.0509. The second kappa shape index (κ2) is 10.5. The molecule has 2 aliphatic heterocycles. The van der Waals surface area contributed by atoms with Crippen molar-refractivity contribution in [2.75, 3.05) is 31.1 Å². The van der Waals surface area contributed by atoms with Crippen LogP contribution in [0.3, 0.4) is 0 Å². The summed E-state index contributed by atoms with van der Waals surface area (Å²) in [7, 11) is 0. The lowest BCUT2D eigenvalue weighted by molar-refractivity contribution is -0.117. The molecule has 0 spiro atoms. The summed E-state index contributed by atoms with van der Waals surface area (Å²) in [6.45, 7) is 3.62. The molecule has 2 aliphatic rings. The summed E-state index contributed by atoms with van der Waals surface area (Å²) in [4.78, 5) is 16.7. The van der Waals surface area contributed by atoms with Crippen molar-refractivity contribution < 1.29 is 13.9 Å². The first-order chi connectivity index (χ1) is 16.7. The molecule has 0 N–H and O–H groups in total. The van der Waals surface area contributed by atoms with Crippen LogP contribution in [0.25, 0.3) is 0 Å². The Morgan fingerprint density at radius 3 is 2.18 bits per heavy atom. The summed E-state index contributed by atoms with van der Waals surface area (Å²) >= 11 is 0.